The molecule has 0 N–H and O–H groups in total. The molecule has 0 aliphatic heterocycles. The number of halogens is 1. The van der Waals surface area contributed by atoms with E-state index in [9.17, 15) is 0 Å². The van der Waals surface area contributed by atoms with Gasteiger partial charge in [-0.05, 0) is 24.3 Å². The van der Waals surface area contributed by atoms with Gasteiger partial charge in [0, 0.05) is 22.5 Å². The minimum Gasteiger partial charge on any atom is -0.455 e. The van der Waals surface area contributed by atoms with E-state index in [-0.39, 0.29) is 0 Å². The van der Waals surface area contributed by atoms with Crippen LogP contribution in [0.5, 0.6) is 0 Å². The second-order valence-electron chi connectivity index (χ2n) is 4.64. The summed E-state index contributed by atoms with van der Waals surface area (Å²) in [6.07, 6.45) is 1.65. The molecular weight excluding hydrogens is 270 g/mol. The highest BCUT2D eigenvalue weighted by atomic mass is 35.5. The topological polar surface area (TPSA) is 26.0 Å². The normalized spacial score (nSPS) is 11.2. The molecule has 0 unspecified atom stereocenters. The molecule has 0 radical (unpaired) electrons. The molecule has 20 heavy (non-hydrogen) atoms. The predicted molar refractivity (Wildman–Crippen MR) is 82.0 cm³/mol. The maximum atomic E-state index is 6.00. The average molecular weight is 280 g/mol. The highest BCUT2D eigenvalue weighted by Gasteiger charge is 2.11. The van der Waals surface area contributed by atoms with E-state index in [0.29, 0.717) is 5.02 Å². The Bertz CT molecular complexity index is 909. The van der Waals surface area contributed by atoms with E-state index in [0.717, 1.165) is 33.2 Å². The van der Waals surface area contributed by atoms with E-state index < -0.39 is 0 Å². The molecule has 2 aromatic heterocycles. The smallest absolute Gasteiger partial charge is 0.144 e. The molecule has 2 nitrogen and oxygen atoms in total. The summed E-state index contributed by atoms with van der Waals surface area (Å²) >= 11 is 5.90. The van der Waals surface area contributed by atoms with Crippen molar-refractivity contribution in [2.45, 2.75) is 0 Å². The van der Waals surface area contributed by atoms with Crippen LogP contribution in [0.1, 0.15) is 0 Å². The summed E-state index contributed by atoms with van der Waals surface area (Å²) in [5.74, 6) is 0. The first-order chi connectivity index (χ1) is 9.83. The number of rotatable bonds is 1. The molecule has 2 aromatic carbocycles. The van der Waals surface area contributed by atoms with Crippen LogP contribution in [0.3, 0.4) is 0 Å². The maximum absolute atomic E-state index is 6.00. The second kappa shape index (κ2) is 4.36. The highest BCUT2D eigenvalue weighted by molar-refractivity contribution is 6.30. The van der Waals surface area contributed by atoms with Gasteiger partial charge < -0.3 is 4.42 Å². The van der Waals surface area contributed by atoms with E-state index in [1.165, 1.54) is 0 Å². The Hall–Kier alpha value is -2.32. The summed E-state index contributed by atoms with van der Waals surface area (Å²) in [5.41, 5.74) is 3.60. The molecular formula is C17H10ClNO. The van der Waals surface area contributed by atoms with Crippen LogP contribution in [0, 0.1) is 0 Å². The van der Waals surface area contributed by atoms with Gasteiger partial charge in [-0.2, -0.15) is 0 Å². The number of fused-ring (bicyclic) bond motifs is 3. The summed E-state index contributed by atoms with van der Waals surface area (Å²) in [7, 11) is 0. The monoisotopic (exact) mass is 279 g/mol. The Morgan fingerprint density at radius 2 is 1.70 bits per heavy atom. The van der Waals surface area contributed by atoms with Crippen LogP contribution in [-0.2, 0) is 0 Å². The van der Waals surface area contributed by atoms with Crippen molar-refractivity contribution in [2.24, 2.45) is 0 Å². The molecule has 0 amide bonds. The number of nitrogens with zero attached hydrogens (tertiary/aromatic N) is 1. The maximum Gasteiger partial charge on any atom is 0.144 e. The van der Waals surface area contributed by atoms with Gasteiger partial charge >= 0.3 is 0 Å². The van der Waals surface area contributed by atoms with Crippen LogP contribution in [0.25, 0.3) is 33.2 Å². The van der Waals surface area contributed by atoms with E-state index in [1.807, 2.05) is 42.5 Å². The van der Waals surface area contributed by atoms with E-state index in [2.05, 4.69) is 17.1 Å². The van der Waals surface area contributed by atoms with Crippen molar-refractivity contribution in [3.8, 4) is 11.3 Å². The molecule has 96 valence electrons. The van der Waals surface area contributed by atoms with Crippen molar-refractivity contribution in [1.29, 1.82) is 0 Å². The Balaban J connectivity index is 2.07. The van der Waals surface area contributed by atoms with Crippen LogP contribution in [-0.4, -0.2) is 4.98 Å². The first-order valence-corrected chi connectivity index (χ1v) is 6.73. The summed E-state index contributed by atoms with van der Waals surface area (Å²) in [5, 5.41) is 2.86. The predicted octanol–water partition coefficient (Wildman–Crippen LogP) is 5.30. The summed E-state index contributed by atoms with van der Waals surface area (Å²) < 4.78 is 6.00. The van der Waals surface area contributed by atoms with Crippen LogP contribution in [0.2, 0.25) is 5.02 Å². The zero-order valence-electron chi connectivity index (χ0n) is 10.5. The first-order valence-electron chi connectivity index (χ1n) is 6.35. The van der Waals surface area contributed by atoms with Gasteiger partial charge in [0.05, 0.1) is 10.7 Å². The third-order valence-corrected chi connectivity index (χ3v) is 3.63. The molecule has 3 heteroatoms. The van der Waals surface area contributed by atoms with Crippen molar-refractivity contribution in [3.63, 3.8) is 0 Å². The van der Waals surface area contributed by atoms with Gasteiger partial charge in [-0.3, -0.25) is 4.98 Å². The Morgan fingerprint density at radius 3 is 2.55 bits per heavy atom. The SMILES string of the molecule is Clc1ccc(-c2cccc3c2oc2ccccc23)nc1. The molecule has 0 spiro atoms. The van der Waals surface area contributed by atoms with Crippen LogP contribution in [0.4, 0.5) is 0 Å². The van der Waals surface area contributed by atoms with E-state index >= 15 is 0 Å². The van der Waals surface area contributed by atoms with Crippen molar-refractivity contribution >= 4 is 33.5 Å². The molecule has 0 saturated carbocycles. The molecule has 0 aliphatic rings. The first kappa shape index (κ1) is 11.5. The minimum atomic E-state index is 0.630. The van der Waals surface area contributed by atoms with E-state index in [1.54, 1.807) is 6.20 Å². The largest absolute Gasteiger partial charge is 0.455 e. The number of aromatic nitrogens is 1. The molecule has 0 bridgehead atoms. The zero-order valence-corrected chi connectivity index (χ0v) is 11.3. The third kappa shape index (κ3) is 1.69. The quantitative estimate of drug-likeness (QED) is 0.472. The standard InChI is InChI=1S/C17H10ClNO/c18-11-8-9-15(19-10-11)14-6-3-5-13-12-4-1-2-7-16(12)20-17(13)14/h1-10H. The van der Waals surface area contributed by atoms with Gasteiger partial charge in [0.25, 0.3) is 0 Å². The van der Waals surface area contributed by atoms with Gasteiger partial charge in [-0.25, -0.2) is 0 Å². The molecule has 0 saturated heterocycles. The molecule has 0 fully saturated rings. The summed E-state index contributed by atoms with van der Waals surface area (Å²) in [6.45, 7) is 0. The molecule has 4 rings (SSSR count). The Labute approximate surface area is 120 Å². The lowest BCUT2D eigenvalue weighted by Crippen LogP contribution is -1.83. The minimum absolute atomic E-state index is 0.630. The average Bonchev–Trinajstić information content (AvgIpc) is 2.87. The number of furan rings is 1. The van der Waals surface area contributed by atoms with Gasteiger partial charge in [0.1, 0.15) is 11.2 Å². The molecule has 2 heterocycles. The van der Waals surface area contributed by atoms with Gasteiger partial charge in [0.2, 0.25) is 0 Å². The molecule has 0 atom stereocenters. The third-order valence-electron chi connectivity index (χ3n) is 3.41. The fraction of sp³-hybridized carbons (Fsp3) is 0. The number of para-hydroxylation sites is 2. The van der Waals surface area contributed by atoms with E-state index in [4.69, 9.17) is 16.0 Å². The highest BCUT2D eigenvalue weighted by Crippen LogP contribution is 2.34. The fourth-order valence-electron chi connectivity index (χ4n) is 2.48. The van der Waals surface area contributed by atoms with Gasteiger partial charge in [-0.1, -0.05) is 41.9 Å². The van der Waals surface area contributed by atoms with Crippen molar-refractivity contribution < 1.29 is 4.42 Å². The summed E-state index contributed by atoms with van der Waals surface area (Å²) in [6, 6.07) is 17.9. The van der Waals surface area contributed by atoms with Crippen molar-refractivity contribution in [3.05, 3.63) is 65.8 Å². The molecule has 0 aliphatic carbocycles. The second-order valence-corrected chi connectivity index (χ2v) is 5.08. The lowest BCUT2D eigenvalue weighted by Gasteiger charge is -2.01. The van der Waals surface area contributed by atoms with Gasteiger partial charge in [-0.15, -0.1) is 0 Å². The number of hydrogen-bond donors (Lipinski definition) is 0. The number of pyridine rings is 1. The van der Waals surface area contributed by atoms with Crippen LogP contribution >= 0.6 is 11.6 Å². The number of hydrogen-bond acceptors (Lipinski definition) is 2. The molecule has 4 aromatic rings. The number of benzene rings is 2. The van der Waals surface area contributed by atoms with Gasteiger partial charge in [0.15, 0.2) is 0 Å². The zero-order chi connectivity index (χ0) is 13.5. The fourth-order valence-corrected chi connectivity index (χ4v) is 2.60. The van der Waals surface area contributed by atoms with Crippen LogP contribution in [0.15, 0.2) is 65.2 Å². The van der Waals surface area contributed by atoms with Crippen molar-refractivity contribution in [2.75, 3.05) is 0 Å². The van der Waals surface area contributed by atoms with Crippen LogP contribution < -0.4 is 0 Å². The Kier molecular flexibility index (Phi) is 2.51. The Morgan fingerprint density at radius 1 is 0.850 bits per heavy atom. The lowest BCUT2D eigenvalue weighted by molar-refractivity contribution is 0.670. The van der Waals surface area contributed by atoms with Crippen molar-refractivity contribution in [1.82, 2.24) is 4.98 Å². The summed E-state index contributed by atoms with van der Waals surface area (Å²) in [4.78, 5) is 4.38. The lowest BCUT2D eigenvalue weighted by atomic mass is 10.1.